The predicted octanol–water partition coefficient (Wildman–Crippen LogP) is 5.05. The minimum Gasteiger partial charge on any atom is -0.355 e. The van der Waals surface area contributed by atoms with E-state index in [1.54, 1.807) is 4.90 Å². The van der Waals surface area contributed by atoms with Crippen molar-refractivity contribution in [3.05, 3.63) is 107 Å². The summed E-state index contributed by atoms with van der Waals surface area (Å²) in [7, 11) is 0. The van der Waals surface area contributed by atoms with E-state index in [0.29, 0.717) is 30.8 Å². The summed E-state index contributed by atoms with van der Waals surface area (Å²) >= 11 is 6.41. The van der Waals surface area contributed by atoms with Gasteiger partial charge in [-0.15, -0.1) is 0 Å². The third kappa shape index (κ3) is 6.69. The summed E-state index contributed by atoms with van der Waals surface area (Å²) in [6.07, 6.45) is 1.37. The Labute approximate surface area is 195 Å². The van der Waals surface area contributed by atoms with E-state index in [1.165, 1.54) is 0 Å². The Bertz CT molecular complexity index is 1010. The molecule has 2 amide bonds. The van der Waals surface area contributed by atoms with Crippen LogP contribution in [0.5, 0.6) is 0 Å². The van der Waals surface area contributed by atoms with Gasteiger partial charge >= 0.3 is 0 Å². The van der Waals surface area contributed by atoms with Gasteiger partial charge in [-0.05, 0) is 36.1 Å². The van der Waals surface area contributed by atoms with Gasteiger partial charge in [0.2, 0.25) is 11.8 Å². The van der Waals surface area contributed by atoms with Gasteiger partial charge in [-0.2, -0.15) is 0 Å². The summed E-state index contributed by atoms with van der Waals surface area (Å²) in [5, 5.41) is 3.50. The van der Waals surface area contributed by atoms with Crippen molar-refractivity contribution in [2.45, 2.75) is 38.8 Å². The van der Waals surface area contributed by atoms with Gasteiger partial charge < -0.3 is 10.2 Å². The zero-order valence-corrected chi connectivity index (χ0v) is 19.1. The van der Waals surface area contributed by atoms with Gasteiger partial charge in [-0.25, -0.2) is 0 Å². The normalized spacial score (nSPS) is 11.6. The summed E-state index contributed by atoms with van der Waals surface area (Å²) in [5.41, 5.74) is 2.92. The Hall–Kier alpha value is -3.11. The second kappa shape index (κ2) is 12.1. The Morgan fingerprint density at radius 1 is 0.875 bits per heavy atom. The van der Waals surface area contributed by atoms with Crippen molar-refractivity contribution in [2.24, 2.45) is 0 Å². The summed E-state index contributed by atoms with van der Waals surface area (Å²) in [6.45, 7) is 2.66. The number of benzene rings is 3. The highest BCUT2D eigenvalue weighted by molar-refractivity contribution is 6.31. The number of hydrogen-bond donors (Lipinski definition) is 1. The quantitative estimate of drug-likeness (QED) is 0.472. The SMILES string of the molecule is CCNC(=O)[C@@H](Cc1ccccc1)N(Cc1ccccc1Cl)C(=O)CCc1ccccc1. The standard InChI is InChI=1S/C27H29ClN2O2/c1-2-29-27(32)25(19-22-13-7-4-8-14-22)30(20-23-15-9-10-16-24(23)28)26(31)18-17-21-11-5-3-6-12-21/h3-16,25H,2,17-20H2,1H3,(H,29,32)/t25-/m1/s1. The second-order valence-corrected chi connectivity index (χ2v) is 8.11. The van der Waals surface area contributed by atoms with Crippen LogP contribution in [0.4, 0.5) is 0 Å². The van der Waals surface area contributed by atoms with Crippen molar-refractivity contribution in [3.63, 3.8) is 0 Å². The molecule has 0 fully saturated rings. The van der Waals surface area contributed by atoms with E-state index < -0.39 is 6.04 Å². The van der Waals surface area contributed by atoms with E-state index in [1.807, 2.05) is 91.9 Å². The molecule has 0 aliphatic heterocycles. The summed E-state index contributed by atoms with van der Waals surface area (Å²) in [6, 6.07) is 26.5. The van der Waals surface area contributed by atoms with Gasteiger partial charge in [0.1, 0.15) is 6.04 Å². The van der Waals surface area contributed by atoms with E-state index in [0.717, 1.165) is 16.7 Å². The molecule has 3 aromatic rings. The molecule has 3 aromatic carbocycles. The number of aryl methyl sites for hydroxylation is 1. The molecule has 0 aliphatic carbocycles. The number of rotatable bonds is 10. The Morgan fingerprint density at radius 2 is 1.47 bits per heavy atom. The van der Waals surface area contributed by atoms with Crippen molar-refractivity contribution in [1.29, 1.82) is 0 Å². The van der Waals surface area contributed by atoms with Gasteiger partial charge in [-0.1, -0.05) is 90.5 Å². The maximum atomic E-state index is 13.5. The number of carbonyl (C=O) groups is 2. The van der Waals surface area contributed by atoms with Crippen LogP contribution in [-0.4, -0.2) is 29.3 Å². The molecule has 0 aliphatic rings. The minimum absolute atomic E-state index is 0.0686. The Balaban J connectivity index is 1.89. The molecule has 0 spiro atoms. The lowest BCUT2D eigenvalue weighted by Crippen LogP contribution is -2.50. The summed E-state index contributed by atoms with van der Waals surface area (Å²) in [4.78, 5) is 28.3. The van der Waals surface area contributed by atoms with Crippen LogP contribution < -0.4 is 5.32 Å². The molecule has 1 N–H and O–H groups in total. The van der Waals surface area contributed by atoms with Gasteiger partial charge in [0.15, 0.2) is 0 Å². The molecule has 166 valence electrons. The molecule has 0 heterocycles. The lowest BCUT2D eigenvalue weighted by Gasteiger charge is -2.32. The average molecular weight is 449 g/mol. The molecule has 32 heavy (non-hydrogen) atoms. The number of nitrogens with one attached hydrogen (secondary N) is 1. The van der Waals surface area contributed by atoms with E-state index in [9.17, 15) is 9.59 Å². The molecule has 0 aromatic heterocycles. The van der Waals surface area contributed by atoms with Gasteiger partial charge in [0.25, 0.3) is 0 Å². The van der Waals surface area contributed by atoms with Crippen LogP contribution in [0, 0.1) is 0 Å². The number of amides is 2. The van der Waals surface area contributed by atoms with E-state index in [2.05, 4.69) is 5.32 Å². The highest BCUT2D eigenvalue weighted by atomic mass is 35.5. The van der Waals surface area contributed by atoms with Crippen molar-refractivity contribution >= 4 is 23.4 Å². The molecule has 1 atom stereocenters. The van der Waals surface area contributed by atoms with E-state index in [-0.39, 0.29) is 18.4 Å². The molecule has 0 saturated carbocycles. The summed E-state index contributed by atoms with van der Waals surface area (Å²) < 4.78 is 0. The first kappa shape index (κ1) is 23.6. The highest BCUT2D eigenvalue weighted by Crippen LogP contribution is 2.21. The van der Waals surface area contributed by atoms with Crippen molar-refractivity contribution in [2.75, 3.05) is 6.54 Å². The third-order valence-corrected chi connectivity index (χ3v) is 5.76. The number of carbonyl (C=O) groups excluding carboxylic acids is 2. The van der Waals surface area contributed by atoms with E-state index >= 15 is 0 Å². The van der Waals surface area contributed by atoms with Crippen LogP contribution in [0.2, 0.25) is 5.02 Å². The highest BCUT2D eigenvalue weighted by Gasteiger charge is 2.30. The van der Waals surface area contributed by atoms with Crippen LogP contribution in [0.15, 0.2) is 84.9 Å². The largest absolute Gasteiger partial charge is 0.355 e. The van der Waals surface area contributed by atoms with Crippen molar-refractivity contribution in [3.8, 4) is 0 Å². The van der Waals surface area contributed by atoms with Crippen LogP contribution >= 0.6 is 11.6 Å². The number of likely N-dealkylation sites (N-methyl/N-ethyl adjacent to an activating group) is 1. The van der Waals surface area contributed by atoms with Crippen LogP contribution in [0.1, 0.15) is 30.0 Å². The zero-order valence-electron chi connectivity index (χ0n) is 18.3. The molecule has 0 saturated heterocycles. The minimum atomic E-state index is -0.628. The molecular weight excluding hydrogens is 420 g/mol. The molecule has 0 bridgehead atoms. The first-order valence-corrected chi connectivity index (χ1v) is 11.3. The number of hydrogen-bond acceptors (Lipinski definition) is 2. The maximum absolute atomic E-state index is 13.5. The zero-order chi connectivity index (χ0) is 22.8. The maximum Gasteiger partial charge on any atom is 0.243 e. The predicted molar refractivity (Wildman–Crippen MR) is 129 cm³/mol. The molecule has 4 nitrogen and oxygen atoms in total. The first-order chi connectivity index (χ1) is 15.6. The second-order valence-electron chi connectivity index (χ2n) is 7.70. The molecule has 0 unspecified atom stereocenters. The topological polar surface area (TPSA) is 49.4 Å². The summed E-state index contributed by atoms with van der Waals surface area (Å²) in [5.74, 6) is -0.225. The Morgan fingerprint density at radius 3 is 2.09 bits per heavy atom. The number of nitrogens with zero attached hydrogens (tertiary/aromatic N) is 1. The van der Waals surface area contributed by atoms with Gasteiger partial charge in [0, 0.05) is 31.0 Å². The first-order valence-electron chi connectivity index (χ1n) is 11.0. The lowest BCUT2D eigenvalue weighted by atomic mass is 10.0. The monoisotopic (exact) mass is 448 g/mol. The van der Waals surface area contributed by atoms with Crippen molar-refractivity contribution in [1.82, 2.24) is 10.2 Å². The fourth-order valence-electron chi connectivity index (χ4n) is 3.70. The number of halogens is 1. The van der Waals surface area contributed by atoms with Crippen molar-refractivity contribution < 1.29 is 9.59 Å². The fraction of sp³-hybridized carbons (Fsp3) is 0.259. The van der Waals surface area contributed by atoms with Gasteiger partial charge in [0.05, 0.1) is 0 Å². The molecular formula is C27H29ClN2O2. The molecule has 3 rings (SSSR count). The smallest absolute Gasteiger partial charge is 0.243 e. The third-order valence-electron chi connectivity index (χ3n) is 5.39. The van der Waals surface area contributed by atoms with Crippen LogP contribution in [0.25, 0.3) is 0 Å². The van der Waals surface area contributed by atoms with Gasteiger partial charge in [-0.3, -0.25) is 9.59 Å². The van der Waals surface area contributed by atoms with Crippen LogP contribution in [-0.2, 0) is 29.0 Å². The average Bonchev–Trinajstić information content (AvgIpc) is 2.82. The molecule has 5 heteroatoms. The van der Waals surface area contributed by atoms with Crippen LogP contribution in [0.3, 0.4) is 0 Å². The molecule has 0 radical (unpaired) electrons. The lowest BCUT2D eigenvalue weighted by molar-refractivity contribution is -0.141. The van der Waals surface area contributed by atoms with E-state index in [4.69, 9.17) is 11.6 Å². The Kier molecular flexibility index (Phi) is 8.88. The fourth-order valence-corrected chi connectivity index (χ4v) is 3.89.